The first-order valence-electron chi connectivity index (χ1n) is 5.16. The summed E-state index contributed by atoms with van der Waals surface area (Å²) in [6, 6.07) is 0. The van der Waals surface area contributed by atoms with Gasteiger partial charge in [-0.15, -0.1) is 17.9 Å². The molecule has 0 atom stereocenters. The fourth-order valence-corrected chi connectivity index (χ4v) is 1.69. The Morgan fingerprint density at radius 2 is 2.50 bits per heavy atom. The molecule has 0 radical (unpaired) electrons. The van der Waals surface area contributed by atoms with Gasteiger partial charge < -0.3 is 4.90 Å². The Hall–Kier alpha value is -1.42. The highest BCUT2D eigenvalue weighted by atomic mass is 32.1. The van der Waals surface area contributed by atoms with Crippen molar-refractivity contribution in [1.29, 1.82) is 0 Å². The van der Waals surface area contributed by atoms with Crippen molar-refractivity contribution in [1.82, 2.24) is 9.88 Å². The number of unbranched alkanes of at least 4 members (excludes halogenated alkanes) is 1. The number of allylic oxidation sites excluding steroid dienone is 1. The Morgan fingerprint density at radius 3 is 3.12 bits per heavy atom. The average molecular weight is 236 g/mol. The number of hydrogen-bond donors (Lipinski definition) is 0. The summed E-state index contributed by atoms with van der Waals surface area (Å²) in [6.07, 6.45) is 7.05. The fraction of sp³-hybridized carbons (Fsp3) is 0.333. The summed E-state index contributed by atoms with van der Waals surface area (Å²) < 4.78 is 0. The van der Waals surface area contributed by atoms with Crippen molar-refractivity contribution >= 4 is 23.3 Å². The Labute approximate surface area is 100 Å². The van der Waals surface area contributed by atoms with Gasteiger partial charge in [0.25, 0.3) is 0 Å². The topological polar surface area (TPSA) is 33.2 Å². The lowest BCUT2D eigenvalue weighted by atomic mass is 10.3. The number of nitrogens with zero attached hydrogens (tertiary/aromatic N) is 2. The molecule has 0 N–H and O–H groups in total. The number of likely N-dealkylation sites (N-methyl/N-ethyl adjacent to an activating group) is 1. The van der Waals surface area contributed by atoms with Crippen LogP contribution in [0, 0.1) is 0 Å². The Morgan fingerprint density at radius 1 is 1.69 bits per heavy atom. The van der Waals surface area contributed by atoms with E-state index in [1.165, 1.54) is 11.3 Å². The second kappa shape index (κ2) is 6.95. The van der Waals surface area contributed by atoms with Crippen LogP contribution in [0.3, 0.4) is 0 Å². The summed E-state index contributed by atoms with van der Waals surface area (Å²) in [5.41, 5.74) is 2.58. The first-order valence-corrected chi connectivity index (χ1v) is 6.10. The molecule has 86 valence electrons. The van der Waals surface area contributed by atoms with Gasteiger partial charge in [0.15, 0.2) is 0 Å². The van der Waals surface area contributed by atoms with E-state index >= 15 is 0 Å². The van der Waals surface area contributed by atoms with Crippen molar-refractivity contribution < 1.29 is 4.79 Å². The Bertz CT molecular complexity index is 357. The lowest BCUT2D eigenvalue weighted by Gasteiger charge is -2.13. The van der Waals surface area contributed by atoms with Gasteiger partial charge in [-0.1, -0.05) is 6.08 Å². The predicted molar refractivity (Wildman–Crippen MR) is 68.2 cm³/mol. The number of carbonyl (C=O) groups excluding carboxylic acids is 1. The molecule has 0 unspecified atom stereocenters. The van der Waals surface area contributed by atoms with E-state index < -0.39 is 0 Å². The normalized spacial score (nSPS) is 10.6. The van der Waals surface area contributed by atoms with E-state index in [1.54, 1.807) is 29.6 Å². The van der Waals surface area contributed by atoms with Gasteiger partial charge in [0.2, 0.25) is 5.91 Å². The van der Waals surface area contributed by atoms with E-state index in [0.717, 1.165) is 25.1 Å². The van der Waals surface area contributed by atoms with Crippen molar-refractivity contribution in [3.8, 4) is 0 Å². The second-order valence-electron chi connectivity index (χ2n) is 3.44. The van der Waals surface area contributed by atoms with E-state index in [1.807, 2.05) is 11.5 Å². The summed E-state index contributed by atoms with van der Waals surface area (Å²) in [5.74, 6) is 0.0112. The maximum Gasteiger partial charge on any atom is 0.246 e. The minimum Gasteiger partial charge on any atom is -0.342 e. The lowest BCUT2D eigenvalue weighted by molar-refractivity contribution is -0.124. The van der Waals surface area contributed by atoms with Crippen LogP contribution in [0.15, 0.2) is 29.6 Å². The molecule has 3 nitrogen and oxygen atoms in total. The van der Waals surface area contributed by atoms with Crippen LogP contribution < -0.4 is 0 Å². The van der Waals surface area contributed by atoms with Crippen LogP contribution in [0.2, 0.25) is 0 Å². The predicted octanol–water partition coefficient (Wildman–Crippen LogP) is 2.58. The largest absolute Gasteiger partial charge is 0.342 e. The highest BCUT2D eigenvalue weighted by Crippen LogP contribution is 2.03. The van der Waals surface area contributed by atoms with Gasteiger partial charge in [-0.05, 0) is 18.9 Å². The van der Waals surface area contributed by atoms with Gasteiger partial charge in [0.05, 0.1) is 11.2 Å². The van der Waals surface area contributed by atoms with Crippen molar-refractivity contribution in [3.05, 3.63) is 35.3 Å². The Kier molecular flexibility index (Phi) is 5.50. The molecule has 1 aromatic heterocycles. The molecule has 0 aliphatic rings. The SMILES string of the molecule is C=CCCCN(C)C(=O)/C=C/c1cscn1. The van der Waals surface area contributed by atoms with Crippen molar-refractivity contribution in [2.45, 2.75) is 12.8 Å². The molecule has 0 aliphatic heterocycles. The van der Waals surface area contributed by atoms with Gasteiger partial charge >= 0.3 is 0 Å². The third kappa shape index (κ3) is 4.40. The van der Waals surface area contributed by atoms with Crippen LogP contribution in [0.1, 0.15) is 18.5 Å². The Balaban J connectivity index is 2.36. The average Bonchev–Trinajstić information content (AvgIpc) is 2.79. The smallest absolute Gasteiger partial charge is 0.246 e. The van der Waals surface area contributed by atoms with Gasteiger partial charge in [-0.25, -0.2) is 4.98 Å². The van der Waals surface area contributed by atoms with Crippen molar-refractivity contribution in [2.75, 3.05) is 13.6 Å². The van der Waals surface area contributed by atoms with E-state index in [-0.39, 0.29) is 5.91 Å². The van der Waals surface area contributed by atoms with Gasteiger partial charge in [-0.2, -0.15) is 0 Å². The van der Waals surface area contributed by atoms with Crippen LogP contribution in [-0.2, 0) is 4.79 Å². The van der Waals surface area contributed by atoms with E-state index in [9.17, 15) is 4.79 Å². The maximum atomic E-state index is 11.6. The van der Waals surface area contributed by atoms with Crippen molar-refractivity contribution in [2.24, 2.45) is 0 Å². The highest BCUT2D eigenvalue weighted by Gasteiger charge is 2.03. The zero-order valence-electron chi connectivity index (χ0n) is 9.43. The minimum atomic E-state index is 0.0112. The van der Waals surface area contributed by atoms with Crippen LogP contribution in [0.25, 0.3) is 6.08 Å². The number of thiazole rings is 1. The van der Waals surface area contributed by atoms with Crippen LogP contribution in [-0.4, -0.2) is 29.4 Å². The molecule has 16 heavy (non-hydrogen) atoms. The summed E-state index contributed by atoms with van der Waals surface area (Å²) >= 11 is 1.52. The van der Waals surface area contributed by atoms with Gasteiger partial charge in [0.1, 0.15) is 0 Å². The monoisotopic (exact) mass is 236 g/mol. The zero-order valence-corrected chi connectivity index (χ0v) is 10.2. The molecule has 0 saturated carbocycles. The lowest BCUT2D eigenvalue weighted by Crippen LogP contribution is -2.25. The molecule has 0 aliphatic carbocycles. The van der Waals surface area contributed by atoms with Crippen LogP contribution in [0.5, 0.6) is 0 Å². The molecule has 0 saturated heterocycles. The molecule has 0 fully saturated rings. The van der Waals surface area contributed by atoms with Crippen LogP contribution >= 0.6 is 11.3 Å². The number of rotatable bonds is 6. The van der Waals surface area contributed by atoms with Gasteiger partial charge in [-0.3, -0.25) is 4.79 Å². The third-order valence-electron chi connectivity index (χ3n) is 2.13. The highest BCUT2D eigenvalue weighted by molar-refractivity contribution is 7.07. The van der Waals surface area contributed by atoms with Crippen molar-refractivity contribution in [3.63, 3.8) is 0 Å². The quantitative estimate of drug-likeness (QED) is 0.432. The third-order valence-corrected chi connectivity index (χ3v) is 2.73. The molecule has 0 aromatic carbocycles. The number of carbonyl (C=O) groups is 1. The number of amides is 1. The zero-order chi connectivity index (χ0) is 11.8. The van der Waals surface area contributed by atoms with E-state index in [4.69, 9.17) is 0 Å². The first-order chi connectivity index (χ1) is 7.74. The first kappa shape index (κ1) is 12.6. The summed E-state index contributed by atoms with van der Waals surface area (Å²) in [7, 11) is 1.80. The standard InChI is InChI=1S/C12H16N2OS/c1-3-4-5-8-14(2)12(15)7-6-11-9-16-10-13-11/h3,6-7,9-10H,1,4-5,8H2,2H3/b7-6+. The summed E-state index contributed by atoms with van der Waals surface area (Å²) in [4.78, 5) is 17.4. The second-order valence-corrected chi connectivity index (χ2v) is 4.16. The molecule has 0 spiro atoms. The van der Waals surface area contributed by atoms with Crippen LogP contribution in [0.4, 0.5) is 0 Å². The number of hydrogen-bond acceptors (Lipinski definition) is 3. The molecule has 1 rings (SSSR count). The molecule has 1 amide bonds. The van der Waals surface area contributed by atoms with E-state index in [0.29, 0.717) is 0 Å². The molecule has 4 heteroatoms. The van der Waals surface area contributed by atoms with E-state index in [2.05, 4.69) is 11.6 Å². The minimum absolute atomic E-state index is 0.0112. The molecular weight excluding hydrogens is 220 g/mol. The summed E-state index contributed by atoms with van der Waals surface area (Å²) in [6.45, 7) is 4.40. The molecule has 1 heterocycles. The summed E-state index contributed by atoms with van der Waals surface area (Å²) in [5, 5.41) is 1.90. The fourth-order valence-electron chi connectivity index (χ4n) is 1.17. The maximum absolute atomic E-state index is 11.6. The molecule has 0 bridgehead atoms. The number of aromatic nitrogens is 1. The molecular formula is C12H16N2OS. The molecule has 1 aromatic rings. The van der Waals surface area contributed by atoms with Gasteiger partial charge in [0, 0.05) is 25.0 Å².